The van der Waals surface area contributed by atoms with E-state index in [0.29, 0.717) is 23.1 Å². The van der Waals surface area contributed by atoms with Crippen LogP contribution in [0.5, 0.6) is 5.75 Å². The van der Waals surface area contributed by atoms with Crippen molar-refractivity contribution in [3.63, 3.8) is 0 Å². The lowest BCUT2D eigenvalue weighted by Gasteiger charge is -2.27. The quantitative estimate of drug-likeness (QED) is 0.562. The topological polar surface area (TPSA) is 111 Å². The number of hydrogen-bond donors (Lipinski definition) is 2. The number of methoxy groups -OCH3 is 1. The van der Waals surface area contributed by atoms with E-state index in [4.69, 9.17) is 4.74 Å². The average Bonchev–Trinajstić information content (AvgIpc) is 3.05. The Morgan fingerprint density at radius 1 is 1.35 bits per heavy atom. The summed E-state index contributed by atoms with van der Waals surface area (Å²) in [5.41, 5.74) is 2.43. The Balaban J connectivity index is 2.01. The number of aromatic amines is 1. The molecule has 2 N–H and O–H groups in total. The summed E-state index contributed by atoms with van der Waals surface area (Å²) < 4.78 is 6.93. The number of nitrogens with one attached hydrogen (secondary N) is 2. The van der Waals surface area contributed by atoms with Crippen LogP contribution >= 0.6 is 0 Å². The van der Waals surface area contributed by atoms with E-state index in [1.807, 2.05) is 31.2 Å². The van der Waals surface area contributed by atoms with Crippen molar-refractivity contribution >= 4 is 11.6 Å². The van der Waals surface area contributed by atoms with Crippen LogP contribution in [-0.4, -0.2) is 37.5 Å². The molecule has 0 unspecified atom stereocenters. The first-order valence-electron chi connectivity index (χ1n) is 6.97. The van der Waals surface area contributed by atoms with E-state index in [9.17, 15) is 4.79 Å². The van der Waals surface area contributed by atoms with Gasteiger partial charge in [0.05, 0.1) is 12.8 Å². The van der Waals surface area contributed by atoms with Crippen molar-refractivity contribution in [2.24, 2.45) is 0 Å². The normalized spacial score (nSPS) is 15.5. The van der Waals surface area contributed by atoms with Gasteiger partial charge < -0.3 is 10.1 Å². The van der Waals surface area contributed by atoms with E-state index in [1.54, 1.807) is 11.8 Å². The molecule has 0 saturated heterocycles. The van der Waals surface area contributed by atoms with E-state index in [2.05, 4.69) is 31.0 Å². The highest BCUT2D eigenvalue weighted by molar-refractivity contribution is 5.64. The molecule has 0 spiro atoms. The molecule has 3 heterocycles. The maximum atomic E-state index is 12.2. The van der Waals surface area contributed by atoms with Gasteiger partial charge >= 0.3 is 0 Å². The van der Waals surface area contributed by atoms with Crippen LogP contribution in [0.15, 0.2) is 29.1 Å². The maximum Gasteiger partial charge on any atom is 0.288 e. The van der Waals surface area contributed by atoms with Gasteiger partial charge in [0.15, 0.2) is 0 Å². The molecule has 4 rings (SSSR count). The monoisotopic (exact) mass is 311 g/mol. The van der Waals surface area contributed by atoms with Gasteiger partial charge in [-0.3, -0.25) is 4.79 Å². The zero-order valence-corrected chi connectivity index (χ0v) is 12.4. The zero-order chi connectivity index (χ0) is 16.0. The number of hydrogen-bond acceptors (Lipinski definition) is 7. The van der Waals surface area contributed by atoms with Crippen molar-refractivity contribution in [3.8, 4) is 5.75 Å². The van der Waals surface area contributed by atoms with Crippen molar-refractivity contribution in [2.75, 3.05) is 12.4 Å². The Hall–Kier alpha value is -3.23. The van der Waals surface area contributed by atoms with Crippen LogP contribution in [0.2, 0.25) is 0 Å². The van der Waals surface area contributed by atoms with Crippen molar-refractivity contribution in [1.29, 1.82) is 0 Å². The molecule has 2 aromatic heterocycles. The van der Waals surface area contributed by atoms with E-state index in [0.717, 1.165) is 11.1 Å². The number of rotatable bonds is 2. The first-order chi connectivity index (χ1) is 11.2. The number of ether oxygens (including phenoxy) is 1. The van der Waals surface area contributed by atoms with Crippen LogP contribution in [0.1, 0.15) is 22.9 Å². The summed E-state index contributed by atoms with van der Waals surface area (Å²) in [5.74, 6) is 1.12. The Labute approximate surface area is 130 Å². The molecule has 0 saturated carbocycles. The summed E-state index contributed by atoms with van der Waals surface area (Å²) in [7, 11) is 1.61. The van der Waals surface area contributed by atoms with Crippen LogP contribution in [-0.2, 0) is 0 Å². The molecule has 116 valence electrons. The molecule has 3 aromatic rings. The van der Waals surface area contributed by atoms with Gasteiger partial charge in [-0.05, 0) is 35.0 Å². The van der Waals surface area contributed by atoms with Crippen molar-refractivity contribution in [1.82, 2.24) is 30.4 Å². The average molecular weight is 311 g/mol. The number of aromatic nitrogens is 6. The van der Waals surface area contributed by atoms with E-state index >= 15 is 0 Å². The lowest BCUT2D eigenvalue weighted by molar-refractivity contribution is 0.413. The minimum absolute atomic E-state index is 0.312. The second-order valence-corrected chi connectivity index (χ2v) is 5.18. The van der Waals surface area contributed by atoms with E-state index in [-0.39, 0.29) is 11.6 Å². The van der Waals surface area contributed by atoms with Gasteiger partial charge in [-0.25, -0.2) is 5.10 Å². The molecule has 1 aliphatic rings. The highest BCUT2D eigenvalue weighted by atomic mass is 16.5. The summed E-state index contributed by atoms with van der Waals surface area (Å²) >= 11 is 0. The number of nitrogens with zero attached hydrogens (tertiary/aromatic N) is 5. The third-order valence-corrected chi connectivity index (χ3v) is 3.87. The Morgan fingerprint density at radius 3 is 3.04 bits per heavy atom. The highest BCUT2D eigenvalue weighted by Gasteiger charge is 2.32. The Bertz CT molecular complexity index is 946. The Kier molecular flexibility index (Phi) is 2.86. The molecule has 0 radical (unpaired) electrons. The highest BCUT2D eigenvalue weighted by Crippen LogP contribution is 2.38. The molecule has 23 heavy (non-hydrogen) atoms. The fourth-order valence-electron chi connectivity index (χ4n) is 2.82. The van der Waals surface area contributed by atoms with Gasteiger partial charge in [0, 0.05) is 5.56 Å². The van der Waals surface area contributed by atoms with Crippen LogP contribution < -0.4 is 15.6 Å². The Morgan fingerprint density at radius 2 is 2.22 bits per heavy atom. The molecular formula is C14H13N7O2. The zero-order valence-electron chi connectivity index (χ0n) is 12.4. The van der Waals surface area contributed by atoms with Gasteiger partial charge in [-0.1, -0.05) is 17.2 Å². The summed E-state index contributed by atoms with van der Waals surface area (Å²) in [6, 6.07) is 7.21. The van der Waals surface area contributed by atoms with Crippen LogP contribution in [0.25, 0.3) is 0 Å². The first kappa shape index (κ1) is 13.4. The van der Waals surface area contributed by atoms with Gasteiger partial charge in [0.1, 0.15) is 17.5 Å². The fourth-order valence-corrected chi connectivity index (χ4v) is 2.82. The smallest absolute Gasteiger partial charge is 0.288 e. The number of tetrazole rings is 1. The number of H-pyrrole nitrogens is 1. The van der Waals surface area contributed by atoms with Gasteiger partial charge in [0.2, 0.25) is 5.95 Å². The molecule has 9 heteroatoms. The second-order valence-electron chi connectivity index (χ2n) is 5.18. The molecule has 1 aliphatic heterocycles. The lowest BCUT2D eigenvalue weighted by Crippen LogP contribution is -2.29. The largest absolute Gasteiger partial charge is 0.497 e. The van der Waals surface area contributed by atoms with Crippen molar-refractivity contribution in [2.45, 2.75) is 13.0 Å². The molecule has 0 bridgehead atoms. The van der Waals surface area contributed by atoms with Crippen molar-refractivity contribution in [3.05, 3.63) is 51.4 Å². The second kappa shape index (κ2) is 4.90. The number of anilines is 2. The van der Waals surface area contributed by atoms with Crippen molar-refractivity contribution < 1.29 is 4.74 Å². The molecule has 1 atom stereocenters. The summed E-state index contributed by atoms with van der Waals surface area (Å²) in [6.45, 7) is 1.83. The minimum atomic E-state index is -0.360. The number of fused-ring (bicyclic) bond motifs is 2. The van der Waals surface area contributed by atoms with Gasteiger partial charge in [-0.15, -0.1) is 0 Å². The molecule has 0 aliphatic carbocycles. The van der Waals surface area contributed by atoms with Gasteiger partial charge in [0.25, 0.3) is 5.56 Å². The number of aryl methyl sites for hydroxylation is 1. The predicted octanol–water partition coefficient (Wildman–Crippen LogP) is 0.768. The van der Waals surface area contributed by atoms with E-state index in [1.165, 1.54) is 0 Å². The number of benzene rings is 1. The lowest BCUT2D eigenvalue weighted by atomic mass is 9.95. The summed E-state index contributed by atoms with van der Waals surface area (Å²) in [6.07, 6.45) is 0. The van der Waals surface area contributed by atoms with Gasteiger partial charge in [-0.2, -0.15) is 9.78 Å². The molecule has 0 amide bonds. The maximum absolute atomic E-state index is 12.2. The SMILES string of the molecule is COc1cccc([C@@H]2c3c(C)n[nH]c(=O)c3Nc3nnnn32)c1. The fraction of sp³-hybridized carbons (Fsp3) is 0.214. The van der Waals surface area contributed by atoms with E-state index < -0.39 is 0 Å². The van der Waals surface area contributed by atoms with Crippen LogP contribution in [0.4, 0.5) is 11.6 Å². The third-order valence-electron chi connectivity index (χ3n) is 3.87. The first-order valence-corrected chi connectivity index (χ1v) is 6.97. The molecule has 9 nitrogen and oxygen atoms in total. The molecule has 0 fully saturated rings. The third kappa shape index (κ3) is 1.97. The molecule has 1 aromatic carbocycles. The summed E-state index contributed by atoms with van der Waals surface area (Å²) in [4.78, 5) is 12.2. The minimum Gasteiger partial charge on any atom is -0.497 e. The summed E-state index contributed by atoms with van der Waals surface area (Å²) in [5, 5.41) is 21.2. The predicted molar refractivity (Wildman–Crippen MR) is 80.9 cm³/mol. The standard InChI is InChI=1S/C14H13N7O2/c1-7-10-11(13(22)17-16-7)15-14-18-19-20-21(14)12(10)8-4-3-5-9(6-8)23-2/h3-6,12H,1-2H3,(H,17,22)(H,15,18,20)/t12-/m1/s1. The van der Waals surface area contributed by atoms with Crippen LogP contribution in [0, 0.1) is 6.92 Å². The van der Waals surface area contributed by atoms with Crippen LogP contribution in [0.3, 0.4) is 0 Å². The molecular weight excluding hydrogens is 298 g/mol.